The van der Waals surface area contributed by atoms with E-state index in [0.29, 0.717) is 28.5 Å². The molecule has 0 aliphatic carbocycles. The second-order valence-electron chi connectivity index (χ2n) is 4.76. The predicted octanol–water partition coefficient (Wildman–Crippen LogP) is 4.13. The van der Waals surface area contributed by atoms with Crippen molar-refractivity contribution in [3.8, 4) is 17.2 Å². The summed E-state index contributed by atoms with van der Waals surface area (Å²) in [6.07, 6.45) is 3.10. The van der Waals surface area contributed by atoms with Gasteiger partial charge in [0.1, 0.15) is 0 Å². The number of hydrogen-bond acceptors (Lipinski definition) is 4. The van der Waals surface area contributed by atoms with Crippen LogP contribution in [0, 0.1) is 0 Å². The van der Waals surface area contributed by atoms with Crippen molar-refractivity contribution < 1.29 is 19.0 Å². The average Bonchev–Trinajstić information content (AvgIpc) is 2.58. The first-order valence-corrected chi connectivity index (χ1v) is 7.92. The van der Waals surface area contributed by atoms with Crippen LogP contribution in [0.25, 0.3) is 6.08 Å². The molecule has 5 nitrogen and oxygen atoms in total. The molecule has 0 aromatic heterocycles. The first-order valence-electron chi connectivity index (χ1n) is 7.12. The number of rotatable bonds is 6. The third kappa shape index (κ3) is 4.29. The lowest BCUT2D eigenvalue weighted by molar-refractivity contribution is -0.111. The minimum absolute atomic E-state index is 0.245. The number of carbonyl (C=O) groups is 1. The van der Waals surface area contributed by atoms with Gasteiger partial charge in [0.05, 0.1) is 21.3 Å². The monoisotopic (exact) mass is 391 g/mol. The quantitative estimate of drug-likeness (QED) is 0.752. The van der Waals surface area contributed by atoms with Gasteiger partial charge in [-0.25, -0.2) is 0 Å². The van der Waals surface area contributed by atoms with Crippen molar-refractivity contribution in [1.82, 2.24) is 0 Å². The van der Waals surface area contributed by atoms with Crippen LogP contribution in [0.3, 0.4) is 0 Å². The smallest absolute Gasteiger partial charge is 0.248 e. The van der Waals surface area contributed by atoms with Crippen molar-refractivity contribution in [2.75, 3.05) is 26.6 Å². The molecule has 0 bridgehead atoms. The normalized spacial score (nSPS) is 10.5. The number of halogens is 1. The largest absolute Gasteiger partial charge is 0.493 e. The highest BCUT2D eigenvalue weighted by molar-refractivity contribution is 9.10. The molecule has 2 aromatic carbocycles. The van der Waals surface area contributed by atoms with Crippen molar-refractivity contribution >= 4 is 33.6 Å². The zero-order valence-corrected chi connectivity index (χ0v) is 15.2. The molecule has 2 rings (SSSR count). The number of amides is 1. The predicted molar refractivity (Wildman–Crippen MR) is 97.9 cm³/mol. The molecule has 24 heavy (non-hydrogen) atoms. The molecule has 126 valence electrons. The van der Waals surface area contributed by atoms with Gasteiger partial charge in [-0.15, -0.1) is 0 Å². The van der Waals surface area contributed by atoms with E-state index in [0.717, 1.165) is 4.47 Å². The number of methoxy groups -OCH3 is 3. The van der Waals surface area contributed by atoms with Gasteiger partial charge >= 0.3 is 0 Å². The van der Waals surface area contributed by atoms with Crippen molar-refractivity contribution in [1.29, 1.82) is 0 Å². The standard InChI is InChI=1S/C18H18BrNO4/c1-22-15-9-7-12(17(23-2)18(15)24-3)8-10-16(21)20-14-6-4-5-13(19)11-14/h4-11H,1-3H3,(H,20,21)/b10-8+. The average molecular weight is 392 g/mol. The third-order valence-electron chi connectivity index (χ3n) is 3.24. The highest BCUT2D eigenvalue weighted by Crippen LogP contribution is 2.40. The maximum Gasteiger partial charge on any atom is 0.248 e. The van der Waals surface area contributed by atoms with Crippen molar-refractivity contribution in [3.05, 3.63) is 52.5 Å². The van der Waals surface area contributed by atoms with Crippen LogP contribution in [0.2, 0.25) is 0 Å². The molecule has 0 aliphatic heterocycles. The molecule has 2 aromatic rings. The summed E-state index contributed by atoms with van der Waals surface area (Å²) >= 11 is 3.36. The Bertz CT molecular complexity index is 759. The summed E-state index contributed by atoms with van der Waals surface area (Å²) < 4.78 is 16.8. The maximum atomic E-state index is 12.1. The Morgan fingerprint density at radius 1 is 1.04 bits per heavy atom. The van der Waals surface area contributed by atoms with Crippen LogP contribution >= 0.6 is 15.9 Å². The van der Waals surface area contributed by atoms with E-state index < -0.39 is 0 Å². The Morgan fingerprint density at radius 2 is 1.79 bits per heavy atom. The van der Waals surface area contributed by atoms with Crippen LogP contribution in [-0.2, 0) is 4.79 Å². The zero-order chi connectivity index (χ0) is 17.5. The molecule has 0 fully saturated rings. The van der Waals surface area contributed by atoms with Gasteiger partial charge in [0.15, 0.2) is 11.5 Å². The molecule has 0 heterocycles. The Morgan fingerprint density at radius 3 is 2.42 bits per heavy atom. The molecule has 1 N–H and O–H groups in total. The van der Waals surface area contributed by atoms with Gasteiger partial charge in [-0.05, 0) is 36.4 Å². The Hall–Kier alpha value is -2.47. The molecular weight excluding hydrogens is 374 g/mol. The zero-order valence-electron chi connectivity index (χ0n) is 13.6. The molecule has 0 aliphatic rings. The van der Waals surface area contributed by atoms with Crippen molar-refractivity contribution in [2.24, 2.45) is 0 Å². The van der Waals surface area contributed by atoms with Gasteiger partial charge in [-0.3, -0.25) is 4.79 Å². The van der Waals surface area contributed by atoms with E-state index in [-0.39, 0.29) is 5.91 Å². The topological polar surface area (TPSA) is 56.8 Å². The minimum atomic E-state index is -0.245. The molecule has 0 atom stereocenters. The van der Waals surface area contributed by atoms with Gasteiger partial charge in [0, 0.05) is 21.8 Å². The fourth-order valence-electron chi connectivity index (χ4n) is 2.17. The molecule has 6 heteroatoms. The van der Waals surface area contributed by atoms with Crippen LogP contribution in [0.1, 0.15) is 5.56 Å². The first kappa shape index (κ1) is 17.9. The van der Waals surface area contributed by atoms with Gasteiger partial charge in [0.25, 0.3) is 0 Å². The molecule has 0 unspecified atom stereocenters. The lowest BCUT2D eigenvalue weighted by Gasteiger charge is -2.13. The minimum Gasteiger partial charge on any atom is -0.493 e. The van der Waals surface area contributed by atoms with E-state index in [1.807, 2.05) is 24.3 Å². The second-order valence-corrected chi connectivity index (χ2v) is 5.67. The van der Waals surface area contributed by atoms with Crippen molar-refractivity contribution in [2.45, 2.75) is 0 Å². The van der Waals surface area contributed by atoms with Crippen LogP contribution in [0.4, 0.5) is 5.69 Å². The SMILES string of the molecule is COc1ccc(/C=C/C(=O)Nc2cccc(Br)c2)c(OC)c1OC. The number of benzene rings is 2. The van der Waals surface area contributed by atoms with E-state index in [9.17, 15) is 4.79 Å². The Labute approximate surface area is 149 Å². The van der Waals surface area contributed by atoms with E-state index >= 15 is 0 Å². The van der Waals surface area contributed by atoms with Gasteiger partial charge in [0.2, 0.25) is 11.7 Å². The Kier molecular flexibility index (Phi) is 6.26. The number of ether oxygens (including phenoxy) is 3. The summed E-state index contributed by atoms with van der Waals surface area (Å²) in [7, 11) is 4.63. The summed E-state index contributed by atoms with van der Waals surface area (Å²) in [5, 5.41) is 2.79. The maximum absolute atomic E-state index is 12.1. The second kappa shape index (κ2) is 8.40. The fourth-order valence-corrected chi connectivity index (χ4v) is 2.57. The molecule has 1 amide bonds. The van der Waals surface area contributed by atoms with Crippen LogP contribution in [-0.4, -0.2) is 27.2 Å². The van der Waals surface area contributed by atoms with Gasteiger partial charge < -0.3 is 19.5 Å². The van der Waals surface area contributed by atoms with Gasteiger partial charge in [-0.1, -0.05) is 22.0 Å². The number of hydrogen-bond donors (Lipinski definition) is 1. The van der Waals surface area contributed by atoms with E-state index in [2.05, 4.69) is 21.2 Å². The third-order valence-corrected chi connectivity index (χ3v) is 3.73. The summed E-state index contributed by atoms with van der Waals surface area (Å²) in [4.78, 5) is 12.1. The molecular formula is C18H18BrNO4. The first-order chi connectivity index (χ1) is 11.6. The Balaban J connectivity index is 2.20. The van der Waals surface area contributed by atoms with Crippen molar-refractivity contribution in [3.63, 3.8) is 0 Å². The summed E-state index contributed by atoms with van der Waals surface area (Å²) in [6.45, 7) is 0. The number of carbonyl (C=O) groups excluding carboxylic acids is 1. The van der Waals surface area contributed by atoms with Crippen LogP contribution in [0.5, 0.6) is 17.2 Å². The molecule has 0 saturated heterocycles. The number of nitrogens with one attached hydrogen (secondary N) is 1. The highest BCUT2D eigenvalue weighted by Gasteiger charge is 2.14. The van der Waals surface area contributed by atoms with Crippen LogP contribution in [0.15, 0.2) is 46.9 Å². The summed E-state index contributed by atoms with van der Waals surface area (Å²) in [6, 6.07) is 10.9. The lowest BCUT2D eigenvalue weighted by atomic mass is 10.1. The molecule has 0 radical (unpaired) electrons. The summed E-state index contributed by atoms with van der Waals surface area (Å²) in [5.41, 5.74) is 1.41. The highest BCUT2D eigenvalue weighted by atomic mass is 79.9. The van der Waals surface area contributed by atoms with Gasteiger partial charge in [-0.2, -0.15) is 0 Å². The number of anilines is 1. The molecule has 0 spiro atoms. The van der Waals surface area contributed by atoms with Crippen LogP contribution < -0.4 is 19.5 Å². The summed E-state index contributed by atoms with van der Waals surface area (Å²) in [5.74, 6) is 1.30. The molecule has 0 saturated carbocycles. The lowest BCUT2D eigenvalue weighted by Crippen LogP contribution is -2.07. The van der Waals surface area contributed by atoms with E-state index in [1.54, 1.807) is 25.3 Å². The van der Waals surface area contributed by atoms with E-state index in [1.165, 1.54) is 20.3 Å². The van der Waals surface area contributed by atoms with E-state index in [4.69, 9.17) is 14.2 Å². The fraction of sp³-hybridized carbons (Fsp3) is 0.167.